The van der Waals surface area contributed by atoms with Gasteiger partial charge in [0.05, 0.1) is 11.6 Å². The standard InChI is InChI=1S/C20H19BrN4O2/c1-27-15-4-2-13(3-5-15)12-24-10-11-25-18(20(24)26)17(21)16(19(25)22)14-6-8-23-9-7-14/h2-9H,10-12,22H2,1H3. The summed E-state index contributed by atoms with van der Waals surface area (Å²) in [4.78, 5) is 19.0. The molecule has 2 aromatic heterocycles. The van der Waals surface area contributed by atoms with Crippen LogP contribution in [0.15, 0.2) is 53.3 Å². The number of halogens is 1. The van der Waals surface area contributed by atoms with Crippen molar-refractivity contribution in [3.05, 3.63) is 64.5 Å². The summed E-state index contributed by atoms with van der Waals surface area (Å²) in [5.74, 6) is 1.37. The minimum absolute atomic E-state index is 0.0315. The molecule has 4 rings (SSSR count). The fourth-order valence-corrected chi connectivity index (χ4v) is 4.23. The van der Waals surface area contributed by atoms with Crippen molar-refractivity contribution in [2.45, 2.75) is 13.1 Å². The van der Waals surface area contributed by atoms with Gasteiger partial charge < -0.3 is 19.9 Å². The van der Waals surface area contributed by atoms with E-state index in [1.807, 2.05) is 45.9 Å². The van der Waals surface area contributed by atoms with E-state index in [1.165, 1.54) is 0 Å². The van der Waals surface area contributed by atoms with Crippen LogP contribution in [-0.2, 0) is 13.1 Å². The maximum absolute atomic E-state index is 13.1. The van der Waals surface area contributed by atoms with Crippen LogP contribution >= 0.6 is 15.9 Å². The van der Waals surface area contributed by atoms with Gasteiger partial charge in [-0.25, -0.2) is 0 Å². The number of benzene rings is 1. The van der Waals surface area contributed by atoms with Crippen molar-refractivity contribution < 1.29 is 9.53 Å². The van der Waals surface area contributed by atoms with Crippen molar-refractivity contribution in [1.29, 1.82) is 0 Å². The molecule has 3 aromatic rings. The number of aromatic nitrogens is 2. The Balaban J connectivity index is 1.66. The molecule has 2 N–H and O–H groups in total. The van der Waals surface area contributed by atoms with Crippen LogP contribution < -0.4 is 10.5 Å². The number of hydrogen-bond donors (Lipinski definition) is 1. The van der Waals surface area contributed by atoms with Crippen LogP contribution in [0.1, 0.15) is 16.1 Å². The van der Waals surface area contributed by atoms with E-state index in [2.05, 4.69) is 20.9 Å². The first-order valence-corrected chi connectivity index (χ1v) is 9.39. The predicted molar refractivity (Wildman–Crippen MR) is 108 cm³/mol. The van der Waals surface area contributed by atoms with Gasteiger partial charge in [-0.3, -0.25) is 9.78 Å². The number of methoxy groups -OCH3 is 1. The number of nitrogens with zero attached hydrogens (tertiary/aromatic N) is 3. The van der Waals surface area contributed by atoms with Crippen LogP contribution in [0.5, 0.6) is 5.75 Å². The van der Waals surface area contributed by atoms with Gasteiger partial charge in [0.15, 0.2) is 0 Å². The Morgan fingerprint density at radius 3 is 2.52 bits per heavy atom. The highest BCUT2D eigenvalue weighted by Crippen LogP contribution is 2.40. The second kappa shape index (κ2) is 7.08. The fraction of sp³-hybridized carbons (Fsp3) is 0.200. The largest absolute Gasteiger partial charge is 0.497 e. The highest BCUT2D eigenvalue weighted by Gasteiger charge is 2.32. The molecular weight excluding hydrogens is 408 g/mol. The van der Waals surface area contributed by atoms with Gasteiger partial charge in [0.25, 0.3) is 5.91 Å². The molecule has 1 aromatic carbocycles. The second-order valence-corrected chi connectivity index (χ2v) is 7.18. The molecule has 0 saturated heterocycles. The number of amides is 1. The fourth-order valence-electron chi connectivity index (χ4n) is 3.41. The SMILES string of the molecule is COc1ccc(CN2CCn3c(N)c(-c4ccncc4)c(Br)c3C2=O)cc1. The number of rotatable bonds is 4. The number of carbonyl (C=O) groups excluding carboxylic acids is 1. The van der Waals surface area contributed by atoms with E-state index < -0.39 is 0 Å². The molecule has 27 heavy (non-hydrogen) atoms. The van der Waals surface area contributed by atoms with Crippen molar-refractivity contribution >= 4 is 27.7 Å². The van der Waals surface area contributed by atoms with Crippen LogP contribution in [0.3, 0.4) is 0 Å². The van der Waals surface area contributed by atoms with E-state index in [0.29, 0.717) is 31.1 Å². The minimum atomic E-state index is -0.0315. The molecule has 1 aliphatic heterocycles. The average molecular weight is 427 g/mol. The van der Waals surface area contributed by atoms with Crippen molar-refractivity contribution in [3.8, 4) is 16.9 Å². The topological polar surface area (TPSA) is 73.4 Å². The molecular formula is C20H19BrN4O2. The molecule has 3 heterocycles. The first-order valence-electron chi connectivity index (χ1n) is 8.60. The zero-order valence-electron chi connectivity index (χ0n) is 14.9. The Morgan fingerprint density at radius 2 is 1.85 bits per heavy atom. The molecule has 0 aliphatic carbocycles. The van der Waals surface area contributed by atoms with Crippen molar-refractivity contribution in [1.82, 2.24) is 14.5 Å². The molecule has 0 spiro atoms. The lowest BCUT2D eigenvalue weighted by molar-refractivity contribution is 0.0691. The number of pyridine rings is 1. The van der Waals surface area contributed by atoms with Gasteiger partial charge in [0.1, 0.15) is 17.3 Å². The predicted octanol–water partition coefficient (Wildman–Crippen LogP) is 3.56. The number of anilines is 1. The summed E-state index contributed by atoms with van der Waals surface area (Å²) in [5.41, 5.74) is 9.81. The highest BCUT2D eigenvalue weighted by molar-refractivity contribution is 9.10. The number of nitrogen functional groups attached to an aromatic ring is 1. The molecule has 0 saturated carbocycles. The van der Waals surface area contributed by atoms with Crippen molar-refractivity contribution in [2.24, 2.45) is 0 Å². The zero-order valence-corrected chi connectivity index (χ0v) is 16.4. The molecule has 1 amide bonds. The van der Waals surface area contributed by atoms with E-state index in [9.17, 15) is 4.79 Å². The Kier molecular flexibility index (Phi) is 4.61. The van der Waals surface area contributed by atoms with Gasteiger partial charge in [0.2, 0.25) is 0 Å². The molecule has 6 nitrogen and oxygen atoms in total. The summed E-state index contributed by atoms with van der Waals surface area (Å²) in [6, 6.07) is 11.5. The first kappa shape index (κ1) is 17.6. The van der Waals surface area contributed by atoms with Gasteiger partial charge in [-0.1, -0.05) is 12.1 Å². The van der Waals surface area contributed by atoms with Gasteiger partial charge in [-0.2, -0.15) is 0 Å². The summed E-state index contributed by atoms with van der Waals surface area (Å²) in [7, 11) is 1.64. The molecule has 1 aliphatic rings. The third-order valence-electron chi connectivity index (χ3n) is 4.83. The van der Waals surface area contributed by atoms with Crippen LogP contribution in [-0.4, -0.2) is 34.0 Å². The summed E-state index contributed by atoms with van der Waals surface area (Å²) < 4.78 is 7.82. The normalized spacial score (nSPS) is 13.6. The average Bonchev–Trinajstić information content (AvgIpc) is 2.96. The second-order valence-electron chi connectivity index (χ2n) is 6.39. The first-order chi connectivity index (χ1) is 13.1. The quantitative estimate of drug-likeness (QED) is 0.691. The van der Waals surface area contributed by atoms with Crippen LogP contribution in [0.4, 0.5) is 5.82 Å². The van der Waals surface area contributed by atoms with E-state index in [0.717, 1.165) is 26.9 Å². The number of carbonyl (C=O) groups is 1. The van der Waals surface area contributed by atoms with Gasteiger partial charge in [-0.05, 0) is 51.3 Å². The number of ether oxygens (including phenoxy) is 1. The lowest BCUT2D eigenvalue weighted by Gasteiger charge is -2.29. The molecule has 0 unspecified atom stereocenters. The Bertz CT molecular complexity index is 983. The maximum atomic E-state index is 13.1. The van der Waals surface area contributed by atoms with Crippen molar-refractivity contribution in [3.63, 3.8) is 0 Å². The van der Waals surface area contributed by atoms with Crippen molar-refractivity contribution in [2.75, 3.05) is 19.4 Å². The number of nitrogens with two attached hydrogens (primary N) is 1. The monoisotopic (exact) mass is 426 g/mol. The highest BCUT2D eigenvalue weighted by atomic mass is 79.9. The smallest absolute Gasteiger partial charge is 0.272 e. The number of fused-ring (bicyclic) bond motifs is 1. The van der Waals surface area contributed by atoms with E-state index in [-0.39, 0.29) is 5.91 Å². The van der Waals surface area contributed by atoms with Crippen LogP contribution in [0, 0.1) is 0 Å². The Morgan fingerprint density at radius 1 is 1.15 bits per heavy atom. The molecule has 0 fully saturated rings. The van der Waals surface area contributed by atoms with Gasteiger partial charge in [-0.15, -0.1) is 0 Å². The van der Waals surface area contributed by atoms with E-state index in [1.54, 1.807) is 19.5 Å². The maximum Gasteiger partial charge on any atom is 0.272 e. The summed E-state index contributed by atoms with van der Waals surface area (Å²) in [6.45, 7) is 1.82. The van der Waals surface area contributed by atoms with Crippen LogP contribution in [0.2, 0.25) is 0 Å². The Labute approximate surface area is 165 Å². The number of hydrogen-bond acceptors (Lipinski definition) is 4. The molecule has 0 atom stereocenters. The summed E-state index contributed by atoms with van der Waals surface area (Å²) in [5, 5.41) is 0. The Hall–Kier alpha value is -2.80. The van der Waals surface area contributed by atoms with E-state index in [4.69, 9.17) is 10.5 Å². The van der Waals surface area contributed by atoms with Crippen LogP contribution in [0.25, 0.3) is 11.1 Å². The zero-order chi connectivity index (χ0) is 19.0. The van der Waals surface area contributed by atoms with Gasteiger partial charge in [0, 0.05) is 37.6 Å². The van der Waals surface area contributed by atoms with E-state index >= 15 is 0 Å². The molecule has 0 bridgehead atoms. The molecule has 7 heteroatoms. The summed E-state index contributed by atoms with van der Waals surface area (Å²) >= 11 is 3.61. The lowest BCUT2D eigenvalue weighted by atomic mass is 10.1. The van der Waals surface area contributed by atoms with Gasteiger partial charge >= 0.3 is 0 Å². The third-order valence-corrected chi connectivity index (χ3v) is 5.60. The third kappa shape index (κ3) is 3.08. The lowest BCUT2D eigenvalue weighted by Crippen LogP contribution is -2.39. The molecule has 138 valence electrons. The summed E-state index contributed by atoms with van der Waals surface area (Å²) in [6.07, 6.45) is 3.44. The molecule has 0 radical (unpaired) electrons. The minimum Gasteiger partial charge on any atom is -0.497 e.